The Kier molecular flexibility index (Phi) is 3.81. The van der Waals surface area contributed by atoms with Gasteiger partial charge in [-0.1, -0.05) is 0 Å². The third kappa shape index (κ3) is 2.86. The Labute approximate surface area is 109 Å². The van der Waals surface area contributed by atoms with E-state index in [1.807, 2.05) is 13.8 Å². The van der Waals surface area contributed by atoms with Crippen molar-refractivity contribution in [1.29, 1.82) is 0 Å². The van der Waals surface area contributed by atoms with Gasteiger partial charge in [0.2, 0.25) is 5.28 Å². The van der Waals surface area contributed by atoms with Crippen LogP contribution >= 0.6 is 22.9 Å². The van der Waals surface area contributed by atoms with Crippen LogP contribution in [0.25, 0.3) is 10.2 Å². The fraction of sp³-hybridized carbons (Fsp3) is 0.455. The van der Waals surface area contributed by atoms with E-state index in [0.29, 0.717) is 6.61 Å². The van der Waals surface area contributed by atoms with E-state index in [1.54, 1.807) is 18.4 Å². The first-order chi connectivity index (χ1) is 8.10. The smallest absolute Gasteiger partial charge is 0.225 e. The molecule has 0 radical (unpaired) electrons. The molecule has 1 atom stereocenters. The molecule has 0 bridgehead atoms. The molecule has 17 heavy (non-hydrogen) atoms. The molecular formula is C11H14ClN3OS. The van der Waals surface area contributed by atoms with Crippen molar-refractivity contribution in [3.8, 4) is 0 Å². The topological polar surface area (TPSA) is 47.0 Å². The van der Waals surface area contributed by atoms with Crippen LogP contribution in [0.4, 0.5) is 5.82 Å². The summed E-state index contributed by atoms with van der Waals surface area (Å²) in [5.74, 6) is 0.772. The van der Waals surface area contributed by atoms with Crippen LogP contribution in [0.5, 0.6) is 0 Å². The fourth-order valence-electron chi connectivity index (χ4n) is 1.65. The number of methoxy groups -OCH3 is 1. The highest BCUT2D eigenvalue weighted by Gasteiger charge is 2.11. The summed E-state index contributed by atoms with van der Waals surface area (Å²) in [5, 5.41) is 4.57. The first-order valence-corrected chi connectivity index (χ1v) is 6.48. The van der Waals surface area contributed by atoms with Crippen LogP contribution < -0.4 is 5.32 Å². The molecule has 92 valence electrons. The Morgan fingerprint density at radius 2 is 2.29 bits per heavy atom. The van der Waals surface area contributed by atoms with E-state index in [1.165, 1.54) is 4.88 Å². The van der Waals surface area contributed by atoms with E-state index in [-0.39, 0.29) is 11.3 Å². The highest BCUT2D eigenvalue weighted by Crippen LogP contribution is 2.29. The SMILES string of the molecule is COCC(C)Nc1nc(Cl)nc2sc(C)cc12. The molecule has 1 N–H and O–H groups in total. The Morgan fingerprint density at radius 1 is 1.53 bits per heavy atom. The lowest BCUT2D eigenvalue weighted by atomic mass is 10.3. The molecule has 0 amide bonds. The molecule has 0 aliphatic carbocycles. The normalized spacial score (nSPS) is 12.9. The zero-order valence-electron chi connectivity index (χ0n) is 9.95. The summed E-state index contributed by atoms with van der Waals surface area (Å²) in [5.41, 5.74) is 0. The molecule has 0 fully saturated rings. The van der Waals surface area contributed by atoms with Gasteiger partial charge in [-0.15, -0.1) is 11.3 Å². The van der Waals surface area contributed by atoms with Gasteiger partial charge in [0.05, 0.1) is 12.0 Å². The Bertz CT molecular complexity index is 529. The first kappa shape index (κ1) is 12.5. The lowest BCUT2D eigenvalue weighted by molar-refractivity contribution is 0.190. The third-order valence-electron chi connectivity index (χ3n) is 2.29. The van der Waals surface area contributed by atoms with Crippen molar-refractivity contribution in [2.45, 2.75) is 19.9 Å². The lowest BCUT2D eigenvalue weighted by Gasteiger charge is -2.13. The van der Waals surface area contributed by atoms with E-state index in [2.05, 4.69) is 21.4 Å². The van der Waals surface area contributed by atoms with Crippen molar-refractivity contribution < 1.29 is 4.74 Å². The number of nitrogens with zero attached hydrogens (tertiary/aromatic N) is 2. The standard InChI is InChI=1S/C11H14ClN3OS/c1-6(5-16-3)13-9-8-4-7(2)17-10(8)15-11(12)14-9/h4,6H,5H2,1-3H3,(H,13,14,15). The second kappa shape index (κ2) is 5.16. The van der Waals surface area contributed by atoms with Crippen LogP contribution in [-0.2, 0) is 4.74 Å². The number of aromatic nitrogens is 2. The van der Waals surface area contributed by atoms with E-state index >= 15 is 0 Å². The van der Waals surface area contributed by atoms with Crippen molar-refractivity contribution in [2.75, 3.05) is 19.0 Å². The van der Waals surface area contributed by atoms with E-state index < -0.39 is 0 Å². The number of ether oxygens (including phenoxy) is 1. The Balaban J connectivity index is 2.37. The minimum atomic E-state index is 0.175. The van der Waals surface area contributed by atoms with Crippen LogP contribution in [0.15, 0.2) is 6.07 Å². The van der Waals surface area contributed by atoms with Crippen LogP contribution in [0.1, 0.15) is 11.8 Å². The van der Waals surface area contributed by atoms with Crippen LogP contribution in [0, 0.1) is 6.92 Å². The number of aryl methyl sites for hydroxylation is 1. The minimum absolute atomic E-state index is 0.175. The van der Waals surface area contributed by atoms with Gasteiger partial charge in [0, 0.05) is 18.0 Å². The van der Waals surface area contributed by atoms with Gasteiger partial charge in [-0.3, -0.25) is 0 Å². The summed E-state index contributed by atoms with van der Waals surface area (Å²) < 4.78 is 5.09. The predicted octanol–water partition coefficient (Wildman–Crippen LogP) is 3.10. The van der Waals surface area contributed by atoms with Gasteiger partial charge in [0.25, 0.3) is 0 Å². The molecule has 0 aliphatic rings. The largest absolute Gasteiger partial charge is 0.383 e. The van der Waals surface area contributed by atoms with E-state index in [4.69, 9.17) is 16.3 Å². The molecule has 0 saturated heterocycles. The van der Waals surface area contributed by atoms with Gasteiger partial charge in [-0.2, -0.15) is 0 Å². The van der Waals surface area contributed by atoms with E-state index in [9.17, 15) is 0 Å². The monoisotopic (exact) mass is 271 g/mol. The quantitative estimate of drug-likeness (QED) is 0.868. The number of hydrogen-bond donors (Lipinski definition) is 1. The zero-order valence-corrected chi connectivity index (χ0v) is 11.5. The molecule has 0 aliphatic heterocycles. The average Bonchev–Trinajstić information content (AvgIpc) is 2.58. The van der Waals surface area contributed by atoms with Crippen molar-refractivity contribution in [3.05, 3.63) is 16.2 Å². The highest BCUT2D eigenvalue weighted by atomic mass is 35.5. The van der Waals surface area contributed by atoms with Gasteiger partial charge in [0.1, 0.15) is 10.6 Å². The molecule has 4 nitrogen and oxygen atoms in total. The molecule has 2 aromatic heterocycles. The second-order valence-corrected chi connectivity index (χ2v) is 5.49. The number of anilines is 1. The molecule has 2 rings (SSSR count). The van der Waals surface area contributed by atoms with Crippen molar-refractivity contribution in [3.63, 3.8) is 0 Å². The average molecular weight is 272 g/mol. The highest BCUT2D eigenvalue weighted by molar-refractivity contribution is 7.18. The number of rotatable bonds is 4. The van der Waals surface area contributed by atoms with Gasteiger partial charge < -0.3 is 10.1 Å². The van der Waals surface area contributed by atoms with E-state index in [0.717, 1.165) is 16.0 Å². The summed E-state index contributed by atoms with van der Waals surface area (Å²) in [6.07, 6.45) is 0. The van der Waals surface area contributed by atoms with Crippen LogP contribution in [-0.4, -0.2) is 29.7 Å². The number of fused-ring (bicyclic) bond motifs is 1. The van der Waals surface area contributed by atoms with Gasteiger partial charge in [0.15, 0.2) is 0 Å². The van der Waals surface area contributed by atoms with Gasteiger partial charge >= 0.3 is 0 Å². The van der Waals surface area contributed by atoms with Crippen molar-refractivity contribution in [1.82, 2.24) is 9.97 Å². The third-order valence-corrected chi connectivity index (χ3v) is 3.40. The Morgan fingerprint density at radius 3 is 3.00 bits per heavy atom. The zero-order chi connectivity index (χ0) is 12.4. The van der Waals surface area contributed by atoms with Crippen LogP contribution in [0.3, 0.4) is 0 Å². The number of hydrogen-bond acceptors (Lipinski definition) is 5. The van der Waals surface area contributed by atoms with Gasteiger partial charge in [-0.25, -0.2) is 9.97 Å². The number of halogens is 1. The number of thiophene rings is 1. The second-order valence-electron chi connectivity index (χ2n) is 3.92. The summed E-state index contributed by atoms with van der Waals surface area (Å²) in [4.78, 5) is 10.5. The van der Waals surface area contributed by atoms with Gasteiger partial charge in [-0.05, 0) is 31.5 Å². The molecule has 6 heteroatoms. The summed E-state index contributed by atoms with van der Waals surface area (Å²) in [6, 6.07) is 2.24. The molecule has 0 spiro atoms. The number of nitrogens with one attached hydrogen (secondary N) is 1. The predicted molar refractivity (Wildman–Crippen MR) is 72.1 cm³/mol. The maximum atomic E-state index is 5.91. The molecular weight excluding hydrogens is 258 g/mol. The molecule has 0 saturated carbocycles. The molecule has 1 unspecified atom stereocenters. The van der Waals surface area contributed by atoms with Crippen molar-refractivity contribution >= 4 is 39.0 Å². The maximum Gasteiger partial charge on any atom is 0.225 e. The lowest BCUT2D eigenvalue weighted by Crippen LogP contribution is -2.21. The summed E-state index contributed by atoms with van der Waals surface area (Å²) in [6.45, 7) is 4.69. The Hall–Kier alpha value is -0.910. The fourth-order valence-corrected chi connectivity index (χ4v) is 2.75. The van der Waals surface area contributed by atoms with Crippen molar-refractivity contribution in [2.24, 2.45) is 0 Å². The summed E-state index contributed by atoms with van der Waals surface area (Å²) >= 11 is 7.52. The molecule has 0 aromatic carbocycles. The molecule has 2 aromatic rings. The first-order valence-electron chi connectivity index (χ1n) is 5.29. The summed E-state index contributed by atoms with van der Waals surface area (Å²) in [7, 11) is 1.68. The minimum Gasteiger partial charge on any atom is -0.383 e. The van der Waals surface area contributed by atoms with Crippen LogP contribution in [0.2, 0.25) is 5.28 Å². The maximum absolute atomic E-state index is 5.91. The molecule has 2 heterocycles.